The first-order chi connectivity index (χ1) is 10.7. The highest BCUT2D eigenvalue weighted by molar-refractivity contribution is 6.30. The van der Waals surface area contributed by atoms with E-state index in [1.807, 2.05) is 36.4 Å². The van der Waals surface area contributed by atoms with Crippen molar-refractivity contribution in [1.82, 2.24) is 5.32 Å². The van der Waals surface area contributed by atoms with Crippen molar-refractivity contribution in [2.24, 2.45) is 0 Å². The highest BCUT2D eigenvalue weighted by Crippen LogP contribution is 2.31. The number of hydrogen-bond acceptors (Lipinski definition) is 3. The second-order valence-electron chi connectivity index (χ2n) is 5.51. The maximum absolute atomic E-state index is 6.07. The van der Waals surface area contributed by atoms with Gasteiger partial charge in [-0.05, 0) is 42.2 Å². The molecular formula is C18H20ClNO2. The van der Waals surface area contributed by atoms with E-state index in [2.05, 4.69) is 11.4 Å². The average Bonchev–Trinajstić information content (AvgIpc) is 2.56. The van der Waals surface area contributed by atoms with Crippen molar-refractivity contribution < 1.29 is 9.47 Å². The van der Waals surface area contributed by atoms with Crippen molar-refractivity contribution in [3.8, 4) is 11.5 Å². The zero-order valence-corrected chi connectivity index (χ0v) is 13.4. The molecule has 1 unspecified atom stereocenters. The monoisotopic (exact) mass is 317 g/mol. The second-order valence-corrected chi connectivity index (χ2v) is 5.95. The third-order valence-electron chi connectivity index (χ3n) is 3.92. The smallest absolute Gasteiger partial charge is 0.126 e. The Labute approximate surface area is 136 Å². The van der Waals surface area contributed by atoms with E-state index in [9.17, 15) is 0 Å². The Morgan fingerprint density at radius 2 is 2.05 bits per heavy atom. The van der Waals surface area contributed by atoms with Gasteiger partial charge >= 0.3 is 0 Å². The van der Waals surface area contributed by atoms with Crippen LogP contribution in [0.1, 0.15) is 17.5 Å². The average molecular weight is 318 g/mol. The van der Waals surface area contributed by atoms with Crippen LogP contribution in [-0.4, -0.2) is 19.8 Å². The molecule has 0 fully saturated rings. The van der Waals surface area contributed by atoms with Crippen molar-refractivity contribution in [2.45, 2.75) is 25.5 Å². The molecule has 0 bridgehead atoms. The first-order valence-corrected chi connectivity index (χ1v) is 7.91. The van der Waals surface area contributed by atoms with Gasteiger partial charge in [0.1, 0.15) is 17.6 Å². The standard InChI is InChI=1S/C18H20ClNO2/c1-21-16-8-4-14-5-9-17(22-18(14)10-16)12-20-11-13-2-6-15(19)7-3-13/h2-4,6-8,10,17,20H,5,9,11-12H2,1H3. The number of benzene rings is 2. The predicted octanol–water partition coefficient (Wildman–Crippen LogP) is 3.83. The van der Waals surface area contributed by atoms with Crippen molar-refractivity contribution in [3.63, 3.8) is 0 Å². The number of fused-ring (bicyclic) bond motifs is 1. The molecule has 3 nitrogen and oxygen atoms in total. The maximum Gasteiger partial charge on any atom is 0.126 e. The number of hydrogen-bond donors (Lipinski definition) is 1. The molecular weight excluding hydrogens is 298 g/mol. The zero-order valence-electron chi connectivity index (χ0n) is 12.6. The van der Waals surface area contributed by atoms with Gasteiger partial charge in [-0.3, -0.25) is 0 Å². The maximum atomic E-state index is 6.07. The fraction of sp³-hybridized carbons (Fsp3) is 0.333. The molecule has 0 spiro atoms. The Morgan fingerprint density at radius 1 is 1.23 bits per heavy atom. The molecule has 22 heavy (non-hydrogen) atoms. The summed E-state index contributed by atoms with van der Waals surface area (Å²) in [5.41, 5.74) is 2.48. The number of nitrogens with one attached hydrogen (secondary N) is 1. The number of aryl methyl sites for hydroxylation is 1. The molecule has 0 aromatic heterocycles. The van der Waals surface area contributed by atoms with E-state index >= 15 is 0 Å². The van der Waals surface area contributed by atoms with Gasteiger partial charge in [-0.1, -0.05) is 29.8 Å². The molecule has 1 aliphatic rings. The molecule has 2 aromatic rings. The number of halogens is 1. The molecule has 1 heterocycles. The summed E-state index contributed by atoms with van der Waals surface area (Å²) < 4.78 is 11.3. The van der Waals surface area contributed by atoms with E-state index in [-0.39, 0.29) is 6.10 Å². The van der Waals surface area contributed by atoms with E-state index < -0.39 is 0 Å². The van der Waals surface area contributed by atoms with E-state index in [4.69, 9.17) is 21.1 Å². The summed E-state index contributed by atoms with van der Waals surface area (Å²) in [6.07, 6.45) is 2.28. The molecule has 0 aliphatic carbocycles. The van der Waals surface area contributed by atoms with Crippen LogP contribution in [0.4, 0.5) is 0 Å². The molecule has 3 rings (SSSR count). The Bertz CT molecular complexity index is 627. The van der Waals surface area contributed by atoms with Crippen LogP contribution in [0.2, 0.25) is 5.02 Å². The summed E-state index contributed by atoms with van der Waals surface area (Å²) in [4.78, 5) is 0. The van der Waals surface area contributed by atoms with Crippen molar-refractivity contribution >= 4 is 11.6 Å². The molecule has 4 heteroatoms. The molecule has 0 saturated carbocycles. The summed E-state index contributed by atoms with van der Waals surface area (Å²) in [5.74, 6) is 1.79. The van der Waals surface area contributed by atoms with Gasteiger partial charge < -0.3 is 14.8 Å². The van der Waals surface area contributed by atoms with E-state index in [1.54, 1.807) is 7.11 Å². The molecule has 116 valence electrons. The lowest BCUT2D eigenvalue weighted by Gasteiger charge is -2.26. The minimum Gasteiger partial charge on any atom is -0.497 e. The van der Waals surface area contributed by atoms with E-state index in [0.29, 0.717) is 0 Å². The van der Waals surface area contributed by atoms with Gasteiger partial charge in [0, 0.05) is 24.2 Å². The number of rotatable bonds is 5. The first-order valence-electron chi connectivity index (χ1n) is 7.53. The normalized spacial score (nSPS) is 16.7. The molecule has 1 atom stereocenters. The van der Waals surface area contributed by atoms with Gasteiger partial charge in [-0.2, -0.15) is 0 Å². The molecule has 0 amide bonds. The van der Waals surface area contributed by atoms with Gasteiger partial charge in [-0.25, -0.2) is 0 Å². The highest BCUT2D eigenvalue weighted by atomic mass is 35.5. The van der Waals surface area contributed by atoms with E-state index in [1.165, 1.54) is 11.1 Å². The third kappa shape index (κ3) is 3.73. The predicted molar refractivity (Wildman–Crippen MR) is 88.9 cm³/mol. The second kappa shape index (κ2) is 7.03. The molecule has 1 N–H and O–H groups in total. The van der Waals surface area contributed by atoms with Crippen LogP contribution >= 0.6 is 11.6 Å². The molecule has 2 aromatic carbocycles. The van der Waals surface area contributed by atoms with Crippen molar-refractivity contribution in [3.05, 3.63) is 58.6 Å². The van der Waals surface area contributed by atoms with Crippen LogP contribution in [-0.2, 0) is 13.0 Å². The van der Waals surface area contributed by atoms with Crippen LogP contribution in [0.15, 0.2) is 42.5 Å². The summed E-state index contributed by atoms with van der Waals surface area (Å²) in [7, 11) is 1.68. The lowest BCUT2D eigenvalue weighted by atomic mass is 10.0. The van der Waals surface area contributed by atoms with Crippen molar-refractivity contribution in [1.29, 1.82) is 0 Å². The molecule has 1 aliphatic heterocycles. The van der Waals surface area contributed by atoms with Gasteiger partial charge in [0.2, 0.25) is 0 Å². The fourth-order valence-corrected chi connectivity index (χ4v) is 2.78. The highest BCUT2D eigenvalue weighted by Gasteiger charge is 2.19. The fourth-order valence-electron chi connectivity index (χ4n) is 2.66. The Hall–Kier alpha value is -1.71. The van der Waals surface area contributed by atoms with Crippen LogP contribution in [0.3, 0.4) is 0 Å². The largest absolute Gasteiger partial charge is 0.497 e. The quantitative estimate of drug-likeness (QED) is 0.909. The van der Waals surface area contributed by atoms with Gasteiger partial charge in [0.05, 0.1) is 7.11 Å². The van der Waals surface area contributed by atoms with Crippen LogP contribution in [0, 0.1) is 0 Å². The third-order valence-corrected chi connectivity index (χ3v) is 4.17. The van der Waals surface area contributed by atoms with Crippen molar-refractivity contribution in [2.75, 3.05) is 13.7 Å². The lowest BCUT2D eigenvalue weighted by molar-refractivity contribution is 0.169. The number of methoxy groups -OCH3 is 1. The van der Waals surface area contributed by atoms with Gasteiger partial charge in [0.15, 0.2) is 0 Å². The minimum atomic E-state index is 0.201. The molecule has 0 radical (unpaired) electrons. The van der Waals surface area contributed by atoms with Crippen LogP contribution in [0.5, 0.6) is 11.5 Å². The SMILES string of the molecule is COc1ccc2c(c1)OC(CNCc1ccc(Cl)cc1)CC2. The summed E-state index contributed by atoms with van der Waals surface area (Å²) in [6.45, 7) is 1.65. The molecule has 0 saturated heterocycles. The Kier molecular flexibility index (Phi) is 4.86. The number of ether oxygens (including phenoxy) is 2. The van der Waals surface area contributed by atoms with Gasteiger partial charge in [0.25, 0.3) is 0 Å². The summed E-state index contributed by atoms with van der Waals surface area (Å²) in [5, 5.41) is 4.22. The van der Waals surface area contributed by atoms with E-state index in [0.717, 1.165) is 42.5 Å². The first kappa shape index (κ1) is 15.2. The Morgan fingerprint density at radius 3 is 2.82 bits per heavy atom. The van der Waals surface area contributed by atoms with Crippen LogP contribution < -0.4 is 14.8 Å². The summed E-state index contributed by atoms with van der Waals surface area (Å²) in [6, 6.07) is 14.0. The zero-order chi connectivity index (χ0) is 15.4. The topological polar surface area (TPSA) is 30.5 Å². The van der Waals surface area contributed by atoms with Crippen LogP contribution in [0.25, 0.3) is 0 Å². The van der Waals surface area contributed by atoms with Gasteiger partial charge in [-0.15, -0.1) is 0 Å². The lowest BCUT2D eigenvalue weighted by Crippen LogP contribution is -2.33. The Balaban J connectivity index is 1.52. The summed E-state index contributed by atoms with van der Waals surface area (Å²) >= 11 is 5.89. The minimum absolute atomic E-state index is 0.201.